The Kier molecular flexibility index (Phi) is 4.09. The van der Waals surface area contributed by atoms with Crippen LogP contribution in [0.15, 0.2) is 29.3 Å². The molecule has 0 radical (unpaired) electrons. The van der Waals surface area contributed by atoms with Gasteiger partial charge in [-0.05, 0) is 30.4 Å². The van der Waals surface area contributed by atoms with Crippen molar-refractivity contribution in [2.45, 2.75) is 51.0 Å². The van der Waals surface area contributed by atoms with Crippen molar-refractivity contribution in [2.24, 2.45) is 21.9 Å². The largest absolute Gasteiger partial charge is 0.348 e. The summed E-state index contributed by atoms with van der Waals surface area (Å²) in [4.78, 5) is 4.44. The molecule has 2 aliphatic rings. The van der Waals surface area contributed by atoms with Crippen molar-refractivity contribution in [2.75, 3.05) is 13.2 Å². The lowest BCUT2D eigenvalue weighted by Crippen LogP contribution is -2.57. The fraction of sp³-hybridized carbons (Fsp3) is 0.611. The molecule has 3 rings (SSSR count). The topological polar surface area (TPSA) is 82.9 Å². The first-order valence-electron chi connectivity index (χ1n) is 8.20. The second-order valence-corrected chi connectivity index (χ2v) is 7.71. The molecular formula is C18H27N3O2. The summed E-state index contributed by atoms with van der Waals surface area (Å²) in [7, 11) is 0. The molecule has 0 spiro atoms. The number of benzene rings is 1. The highest BCUT2D eigenvalue weighted by atomic mass is 16.7. The minimum absolute atomic E-state index is 0.0935. The highest BCUT2D eigenvalue weighted by molar-refractivity contribution is 5.76. The van der Waals surface area contributed by atoms with Crippen LogP contribution in [0, 0.1) is 5.41 Å². The van der Waals surface area contributed by atoms with Crippen LogP contribution in [-0.2, 0) is 15.0 Å². The maximum atomic E-state index is 6.82. The molecule has 0 amide bonds. The third-order valence-corrected chi connectivity index (χ3v) is 4.84. The zero-order valence-corrected chi connectivity index (χ0v) is 14.2. The van der Waals surface area contributed by atoms with Crippen LogP contribution in [0.4, 0.5) is 5.69 Å². The number of aliphatic imine (C=N–C) groups is 1. The van der Waals surface area contributed by atoms with Crippen LogP contribution in [-0.4, -0.2) is 31.3 Å². The molecule has 2 atom stereocenters. The van der Waals surface area contributed by atoms with Crippen LogP contribution in [0.1, 0.15) is 39.2 Å². The molecule has 1 aromatic rings. The summed E-state index contributed by atoms with van der Waals surface area (Å²) >= 11 is 0. The van der Waals surface area contributed by atoms with Gasteiger partial charge in [0.1, 0.15) is 0 Å². The van der Waals surface area contributed by atoms with Crippen LogP contribution >= 0.6 is 0 Å². The van der Waals surface area contributed by atoms with E-state index in [0.29, 0.717) is 13.2 Å². The molecule has 0 aromatic heterocycles. The number of rotatable bonds is 4. The Labute approximate surface area is 138 Å². The molecule has 1 saturated heterocycles. The predicted molar refractivity (Wildman–Crippen MR) is 91.8 cm³/mol. The summed E-state index contributed by atoms with van der Waals surface area (Å²) in [5.74, 6) is -0.535. The van der Waals surface area contributed by atoms with E-state index >= 15 is 0 Å². The van der Waals surface area contributed by atoms with E-state index in [1.165, 1.54) is 0 Å². The summed E-state index contributed by atoms with van der Waals surface area (Å²) in [6.45, 7) is 7.68. The van der Waals surface area contributed by atoms with E-state index in [9.17, 15) is 0 Å². The van der Waals surface area contributed by atoms with E-state index < -0.39 is 11.3 Å². The molecule has 5 nitrogen and oxygen atoms in total. The zero-order valence-electron chi connectivity index (χ0n) is 14.2. The molecule has 4 N–H and O–H groups in total. The van der Waals surface area contributed by atoms with Crippen molar-refractivity contribution in [3.8, 4) is 0 Å². The molecule has 1 fully saturated rings. The summed E-state index contributed by atoms with van der Waals surface area (Å²) in [5, 5.41) is 0. The Hall–Kier alpha value is -1.27. The molecule has 2 heterocycles. The Bertz CT molecular complexity index is 608. The standard InChI is InChI=1S/C18H27N3O2/c1-16(2,11-17(3)22-8-9-23-17)12-18(20)13-6-4-5-7-14(13)21-10-15(18)19/h4-7,10,15H,8-9,11-12,19-20H2,1-3H3. The number of nitrogens with zero attached hydrogens (tertiary/aromatic N) is 1. The van der Waals surface area contributed by atoms with Gasteiger partial charge in [0, 0.05) is 12.6 Å². The van der Waals surface area contributed by atoms with Gasteiger partial charge in [0.15, 0.2) is 5.79 Å². The van der Waals surface area contributed by atoms with Gasteiger partial charge in [-0.25, -0.2) is 0 Å². The highest BCUT2D eigenvalue weighted by Gasteiger charge is 2.45. The van der Waals surface area contributed by atoms with Gasteiger partial charge in [-0.2, -0.15) is 0 Å². The fourth-order valence-corrected chi connectivity index (χ4v) is 4.05. The molecule has 23 heavy (non-hydrogen) atoms. The second-order valence-electron chi connectivity index (χ2n) is 7.71. The van der Waals surface area contributed by atoms with Gasteiger partial charge in [0.25, 0.3) is 0 Å². The third-order valence-electron chi connectivity index (χ3n) is 4.84. The molecule has 1 aromatic carbocycles. The second kappa shape index (κ2) is 5.67. The predicted octanol–water partition coefficient (Wildman–Crippen LogP) is 2.45. The van der Waals surface area contributed by atoms with Gasteiger partial charge in [-0.15, -0.1) is 0 Å². The fourth-order valence-electron chi connectivity index (χ4n) is 4.05. The average Bonchev–Trinajstić information content (AvgIpc) is 2.88. The molecule has 0 bridgehead atoms. The Morgan fingerprint density at radius 2 is 1.87 bits per heavy atom. The summed E-state index contributed by atoms with van der Waals surface area (Å²) in [5.41, 5.74) is 14.3. The van der Waals surface area contributed by atoms with Crippen LogP contribution in [0.2, 0.25) is 0 Å². The number of hydrogen-bond acceptors (Lipinski definition) is 5. The van der Waals surface area contributed by atoms with E-state index in [4.69, 9.17) is 20.9 Å². The maximum absolute atomic E-state index is 6.82. The quantitative estimate of drug-likeness (QED) is 0.893. The van der Waals surface area contributed by atoms with Crippen molar-refractivity contribution >= 4 is 11.9 Å². The van der Waals surface area contributed by atoms with E-state index in [2.05, 4.69) is 18.8 Å². The number of para-hydroxylation sites is 1. The number of nitrogens with two attached hydrogens (primary N) is 2. The lowest BCUT2D eigenvalue weighted by Gasteiger charge is -2.44. The Balaban J connectivity index is 1.86. The normalized spacial score (nSPS) is 29.5. The third kappa shape index (κ3) is 3.19. The Morgan fingerprint density at radius 3 is 2.57 bits per heavy atom. The lowest BCUT2D eigenvalue weighted by molar-refractivity contribution is -0.165. The molecule has 5 heteroatoms. The molecule has 0 saturated carbocycles. The SMILES string of the molecule is CC(C)(CC1(C)OCCO1)CC1(N)c2ccccc2N=CC1N. The monoisotopic (exact) mass is 317 g/mol. The maximum Gasteiger partial charge on any atom is 0.166 e. The number of hydrogen-bond donors (Lipinski definition) is 2. The minimum atomic E-state index is -0.642. The van der Waals surface area contributed by atoms with Crippen molar-refractivity contribution in [3.63, 3.8) is 0 Å². The summed E-state index contributed by atoms with van der Waals surface area (Å²) < 4.78 is 11.5. The smallest absolute Gasteiger partial charge is 0.166 e. The van der Waals surface area contributed by atoms with Gasteiger partial charge in [-0.3, -0.25) is 4.99 Å². The minimum Gasteiger partial charge on any atom is -0.348 e. The first-order chi connectivity index (χ1) is 10.7. The van der Waals surface area contributed by atoms with E-state index in [0.717, 1.165) is 24.1 Å². The van der Waals surface area contributed by atoms with Crippen LogP contribution in [0.25, 0.3) is 0 Å². The van der Waals surface area contributed by atoms with Crippen molar-refractivity contribution < 1.29 is 9.47 Å². The van der Waals surface area contributed by atoms with Crippen molar-refractivity contribution in [3.05, 3.63) is 29.8 Å². The van der Waals surface area contributed by atoms with Crippen LogP contribution < -0.4 is 11.5 Å². The first kappa shape index (κ1) is 16.6. The Morgan fingerprint density at radius 1 is 1.22 bits per heavy atom. The van der Waals surface area contributed by atoms with Crippen molar-refractivity contribution in [1.82, 2.24) is 0 Å². The molecule has 126 valence electrons. The average molecular weight is 317 g/mol. The molecule has 0 aliphatic carbocycles. The summed E-state index contributed by atoms with van der Waals surface area (Å²) in [6, 6.07) is 7.67. The van der Waals surface area contributed by atoms with Crippen LogP contribution in [0.3, 0.4) is 0 Å². The van der Waals surface area contributed by atoms with E-state index in [-0.39, 0.29) is 11.5 Å². The van der Waals surface area contributed by atoms with Gasteiger partial charge in [0.05, 0.1) is 30.5 Å². The van der Waals surface area contributed by atoms with Gasteiger partial charge in [0.2, 0.25) is 0 Å². The highest BCUT2D eigenvalue weighted by Crippen LogP contribution is 2.45. The van der Waals surface area contributed by atoms with Gasteiger partial charge < -0.3 is 20.9 Å². The summed E-state index contributed by atoms with van der Waals surface area (Å²) in [6.07, 6.45) is 3.26. The number of ether oxygens (including phenoxy) is 2. The van der Waals surface area contributed by atoms with Gasteiger partial charge >= 0.3 is 0 Å². The first-order valence-corrected chi connectivity index (χ1v) is 8.20. The van der Waals surface area contributed by atoms with Crippen molar-refractivity contribution in [1.29, 1.82) is 0 Å². The molecular weight excluding hydrogens is 290 g/mol. The zero-order chi connectivity index (χ0) is 16.7. The van der Waals surface area contributed by atoms with Gasteiger partial charge in [-0.1, -0.05) is 32.0 Å². The number of fused-ring (bicyclic) bond motifs is 1. The molecule has 2 aliphatic heterocycles. The van der Waals surface area contributed by atoms with Crippen LogP contribution in [0.5, 0.6) is 0 Å². The van der Waals surface area contributed by atoms with E-state index in [1.54, 1.807) is 6.21 Å². The molecule has 2 unspecified atom stereocenters. The lowest BCUT2D eigenvalue weighted by atomic mass is 9.68. The van der Waals surface area contributed by atoms with E-state index in [1.807, 2.05) is 31.2 Å².